The Labute approximate surface area is 179 Å². The zero-order valence-corrected chi connectivity index (χ0v) is 17.8. The van der Waals surface area contributed by atoms with Gasteiger partial charge in [0.05, 0.1) is 16.8 Å². The molecule has 1 aliphatic rings. The van der Waals surface area contributed by atoms with Crippen LogP contribution in [0.5, 0.6) is 0 Å². The van der Waals surface area contributed by atoms with E-state index in [2.05, 4.69) is 15.4 Å². The van der Waals surface area contributed by atoms with E-state index in [-0.39, 0.29) is 5.41 Å². The first kappa shape index (κ1) is 20.5. The summed E-state index contributed by atoms with van der Waals surface area (Å²) < 4.78 is 1.55. The van der Waals surface area contributed by atoms with Crippen molar-refractivity contribution in [2.75, 3.05) is 5.32 Å². The Morgan fingerprint density at radius 2 is 1.61 bits per heavy atom. The fourth-order valence-corrected chi connectivity index (χ4v) is 3.40. The number of imide groups is 1. The van der Waals surface area contributed by atoms with Gasteiger partial charge >= 0.3 is 0 Å². The average molecular weight is 417 g/mol. The molecule has 0 spiro atoms. The number of hydrogen-bond donors (Lipinski definition) is 1. The second-order valence-electron chi connectivity index (χ2n) is 8.46. The minimum atomic E-state index is -1.00. The minimum Gasteiger partial charge on any atom is -0.309 e. The number of rotatable bonds is 4. The minimum absolute atomic E-state index is 0.256. The molecule has 31 heavy (non-hydrogen) atoms. The van der Waals surface area contributed by atoms with Crippen molar-refractivity contribution >= 4 is 23.5 Å². The summed E-state index contributed by atoms with van der Waals surface area (Å²) in [6.07, 6.45) is 1.64. The van der Waals surface area contributed by atoms with Crippen molar-refractivity contribution in [3.8, 4) is 5.82 Å². The lowest BCUT2D eigenvalue weighted by Crippen LogP contribution is -2.45. The fourth-order valence-electron chi connectivity index (χ4n) is 3.40. The summed E-state index contributed by atoms with van der Waals surface area (Å²) in [5, 5.41) is 7.44. The van der Waals surface area contributed by atoms with E-state index < -0.39 is 23.8 Å². The van der Waals surface area contributed by atoms with Gasteiger partial charge < -0.3 is 5.32 Å². The number of hydrogen-bond acceptors (Lipinski definition) is 5. The maximum Gasteiger partial charge on any atom is 0.262 e. The van der Waals surface area contributed by atoms with Crippen LogP contribution in [0, 0.1) is 0 Å². The van der Waals surface area contributed by atoms with Crippen LogP contribution < -0.4 is 5.32 Å². The van der Waals surface area contributed by atoms with Crippen LogP contribution in [0.25, 0.3) is 5.82 Å². The van der Waals surface area contributed by atoms with Gasteiger partial charge in [0, 0.05) is 17.7 Å². The first-order valence-electron chi connectivity index (χ1n) is 9.98. The summed E-state index contributed by atoms with van der Waals surface area (Å²) >= 11 is 0. The highest BCUT2D eigenvalue weighted by atomic mass is 16.2. The summed E-state index contributed by atoms with van der Waals surface area (Å²) in [5.74, 6) is -0.487. The van der Waals surface area contributed by atoms with E-state index in [0.29, 0.717) is 22.8 Å². The van der Waals surface area contributed by atoms with Gasteiger partial charge in [0.1, 0.15) is 11.9 Å². The van der Waals surface area contributed by atoms with E-state index >= 15 is 0 Å². The van der Waals surface area contributed by atoms with Crippen LogP contribution >= 0.6 is 0 Å². The number of pyridine rings is 1. The monoisotopic (exact) mass is 417 g/mol. The molecule has 158 valence electrons. The predicted molar refractivity (Wildman–Crippen MR) is 115 cm³/mol. The van der Waals surface area contributed by atoms with Crippen molar-refractivity contribution in [1.29, 1.82) is 0 Å². The molecule has 1 aliphatic heterocycles. The van der Waals surface area contributed by atoms with Crippen molar-refractivity contribution in [2.24, 2.45) is 0 Å². The molecule has 3 heterocycles. The number of fused-ring (bicyclic) bond motifs is 1. The van der Waals surface area contributed by atoms with Gasteiger partial charge in [-0.05, 0) is 31.2 Å². The van der Waals surface area contributed by atoms with Gasteiger partial charge in [0.25, 0.3) is 11.8 Å². The third-order valence-corrected chi connectivity index (χ3v) is 5.19. The number of carbonyl (C=O) groups excluding carboxylic acids is 3. The zero-order valence-electron chi connectivity index (χ0n) is 17.8. The lowest BCUT2D eigenvalue weighted by Gasteiger charge is -2.21. The molecule has 0 bridgehead atoms. The Morgan fingerprint density at radius 1 is 1.00 bits per heavy atom. The molecule has 1 aromatic carbocycles. The summed E-state index contributed by atoms with van der Waals surface area (Å²) in [6, 6.07) is 12.7. The predicted octanol–water partition coefficient (Wildman–Crippen LogP) is 3.19. The summed E-state index contributed by atoms with van der Waals surface area (Å²) in [6.45, 7) is 7.59. The average Bonchev–Trinajstić information content (AvgIpc) is 3.28. The second kappa shape index (κ2) is 7.46. The number of nitrogens with one attached hydrogen (secondary N) is 1. The highest BCUT2D eigenvalue weighted by Crippen LogP contribution is 2.27. The van der Waals surface area contributed by atoms with Gasteiger partial charge in [-0.2, -0.15) is 9.78 Å². The lowest BCUT2D eigenvalue weighted by molar-refractivity contribution is -0.119. The van der Waals surface area contributed by atoms with Crippen molar-refractivity contribution in [3.63, 3.8) is 0 Å². The van der Waals surface area contributed by atoms with Gasteiger partial charge in [-0.25, -0.2) is 4.98 Å². The molecule has 2 aromatic heterocycles. The maximum atomic E-state index is 13.1. The molecule has 0 saturated carbocycles. The SMILES string of the molecule is CC(C(=O)Nc1cc(C(C)(C)C)nn1-c1ccccn1)N1C(=O)c2ccccc2C1=O. The molecule has 0 saturated heterocycles. The molecule has 0 fully saturated rings. The Balaban J connectivity index is 1.64. The van der Waals surface area contributed by atoms with Gasteiger partial charge in [-0.3, -0.25) is 19.3 Å². The molecular formula is C23H23N5O3. The molecule has 1 atom stereocenters. The van der Waals surface area contributed by atoms with Crippen LogP contribution in [0.1, 0.15) is 54.1 Å². The van der Waals surface area contributed by atoms with Gasteiger partial charge in [-0.1, -0.05) is 39.0 Å². The normalized spacial score (nSPS) is 14.5. The van der Waals surface area contributed by atoms with E-state index in [1.54, 1.807) is 53.3 Å². The van der Waals surface area contributed by atoms with E-state index in [0.717, 1.165) is 10.6 Å². The molecule has 3 aromatic rings. The van der Waals surface area contributed by atoms with Gasteiger partial charge in [0.15, 0.2) is 5.82 Å². The van der Waals surface area contributed by atoms with E-state index in [4.69, 9.17) is 0 Å². The van der Waals surface area contributed by atoms with Crippen LogP contribution in [-0.4, -0.2) is 43.4 Å². The first-order valence-corrected chi connectivity index (χ1v) is 9.98. The van der Waals surface area contributed by atoms with Gasteiger partial charge in [0.2, 0.25) is 5.91 Å². The zero-order chi connectivity index (χ0) is 22.3. The Hall–Kier alpha value is -3.81. The lowest BCUT2D eigenvalue weighted by atomic mass is 9.92. The van der Waals surface area contributed by atoms with Crippen molar-refractivity contribution in [1.82, 2.24) is 19.7 Å². The van der Waals surface area contributed by atoms with Crippen molar-refractivity contribution < 1.29 is 14.4 Å². The van der Waals surface area contributed by atoms with Crippen LogP contribution in [0.3, 0.4) is 0 Å². The van der Waals surface area contributed by atoms with E-state index in [1.807, 2.05) is 26.8 Å². The standard InChI is InChI=1S/C23H23N5O3/c1-14(27-21(30)15-9-5-6-10-16(15)22(27)31)20(29)25-19-13-17(23(2,3)4)26-28(19)18-11-7-8-12-24-18/h5-14H,1-4H3,(H,25,29). The van der Waals surface area contributed by atoms with Crippen molar-refractivity contribution in [3.05, 3.63) is 71.5 Å². The topological polar surface area (TPSA) is 97.2 Å². The number of anilines is 1. The summed E-state index contributed by atoms with van der Waals surface area (Å²) in [5.41, 5.74) is 1.12. The number of nitrogens with zero attached hydrogens (tertiary/aromatic N) is 4. The van der Waals surface area contributed by atoms with Gasteiger partial charge in [-0.15, -0.1) is 0 Å². The van der Waals surface area contributed by atoms with Crippen LogP contribution in [-0.2, 0) is 10.2 Å². The third-order valence-electron chi connectivity index (χ3n) is 5.19. The molecule has 1 N–H and O–H groups in total. The summed E-state index contributed by atoms with van der Waals surface area (Å²) in [7, 11) is 0. The number of carbonyl (C=O) groups is 3. The fraction of sp³-hybridized carbons (Fsp3) is 0.261. The molecule has 0 aliphatic carbocycles. The highest BCUT2D eigenvalue weighted by molar-refractivity contribution is 6.23. The molecule has 0 radical (unpaired) electrons. The van der Waals surface area contributed by atoms with Crippen LogP contribution in [0.4, 0.5) is 5.82 Å². The molecule has 8 heteroatoms. The Bertz CT molecular complexity index is 1140. The Morgan fingerprint density at radius 3 is 2.16 bits per heavy atom. The van der Waals surface area contributed by atoms with Crippen LogP contribution in [0.15, 0.2) is 54.7 Å². The largest absolute Gasteiger partial charge is 0.309 e. The highest BCUT2D eigenvalue weighted by Gasteiger charge is 2.40. The number of benzene rings is 1. The molecular weight excluding hydrogens is 394 g/mol. The summed E-state index contributed by atoms with van der Waals surface area (Å²) in [4.78, 5) is 43.8. The van der Waals surface area contributed by atoms with Crippen molar-refractivity contribution in [2.45, 2.75) is 39.2 Å². The maximum absolute atomic E-state index is 13.1. The molecule has 1 unspecified atom stereocenters. The molecule has 8 nitrogen and oxygen atoms in total. The Kier molecular flexibility index (Phi) is 4.93. The molecule has 4 rings (SSSR count). The second-order valence-corrected chi connectivity index (χ2v) is 8.46. The third kappa shape index (κ3) is 3.61. The van der Waals surface area contributed by atoms with E-state index in [1.165, 1.54) is 6.92 Å². The smallest absolute Gasteiger partial charge is 0.262 e. The quantitative estimate of drug-likeness (QED) is 0.658. The number of aromatic nitrogens is 3. The number of amides is 3. The first-order chi connectivity index (χ1) is 14.7. The van der Waals surface area contributed by atoms with Crippen LogP contribution in [0.2, 0.25) is 0 Å². The molecule has 3 amide bonds. The van der Waals surface area contributed by atoms with E-state index in [9.17, 15) is 14.4 Å².